The molecule has 0 saturated heterocycles. The van der Waals surface area contributed by atoms with Crippen LogP contribution in [0, 0.1) is 0 Å². The smallest absolute Gasteiger partial charge is 0.337 e. The van der Waals surface area contributed by atoms with Crippen LogP contribution in [0.2, 0.25) is 0 Å². The first-order valence-corrected chi connectivity index (χ1v) is 7.17. The lowest BCUT2D eigenvalue weighted by Gasteiger charge is -2.05. The summed E-state index contributed by atoms with van der Waals surface area (Å²) in [5, 5.41) is 10.1. The lowest BCUT2D eigenvalue weighted by Crippen LogP contribution is -2.11. The number of H-pyrrole nitrogens is 2. The van der Waals surface area contributed by atoms with Gasteiger partial charge in [0.2, 0.25) is 0 Å². The number of pyridine rings is 1. The van der Waals surface area contributed by atoms with E-state index >= 15 is 0 Å². The number of aromatic amines is 2. The van der Waals surface area contributed by atoms with Gasteiger partial charge in [0.05, 0.1) is 10.5 Å². The van der Waals surface area contributed by atoms with E-state index in [0.717, 1.165) is 0 Å². The van der Waals surface area contributed by atoms with E-state index in [4.69, 9.17) is 0 Å². The van der Waals surface area contributed by atoms with Gasteiger partial charge in [0.1, 0.15) is 16.5 Å². The van der Waals surface area contributed by atoms with Crippen molar-refractivity contribution < 1.29 is 14.1 Å². The van der Waals surface area contributed by atoms with Crippen LogP contribution in [-0.2, 0) is 11.0 Å². The number of carbonyl (C=O) groups is 1. The molecule has 8 heteroatoms. The van der Waals surface area contributed by atoms with Gasteiger partial charge < -0.3 is 15.1 Å². The standard InChI is InChI=1S/C13H11N3O4S/c1-14-21(20)6-2-3-9-7(4-6)10-8(13(18)19)5-15-11(10)12(17)16-9/h2-5,14-15H,1H3,(H,16,17)(H,18,19). The van der Waals surface area contributed by atoms with E-state index in [0.29, 0.717) is 21.2 Å². The molecule has 0 aliphatic heterocycles. The van der Waals surface area contributed by atoms with Crippen LogP contribution in [-0.4, -0.2) is 32.3 Å². The molecule has 1 unspecified atom stereocenters. The van der Waals surface area contributed by atoms with Gasteiger partial charge in [-0.15, -0.1) is 0 Å². The monoisotopic (exact) mass is 305 g/mol. The minimum absolute atomic E-state index is 0.00786. The van der Waals surface area contributed by atoms with Crippen LogP contribution >= 0.6 is 0 Å². The Morgan fingerprint density at radius 2 is 2.14 bits per heavy atom. The highest BCUT2D eigenvalue weighted by molar-refractivity contribution is 7.83. The minimum Gasteiger partial charge on any atom is -0.478 e. The van der Waals surface area contributed by atoms with Crippen LogP contribution in [0.5, 0.6) is 0 Å². The molecular formula is C13H11N3O4S. The van der Waals surface area contributed by atoms with Gasteiger partial charge in [-0.3, -0.25) is 4.79 Å². The molecule has 0 saturated carbocycles. The van der Waals surface area contributed by atoms with Crippen LogP contribution in [0.3, 0.4) is 0 Å². The van der Waals surface area contributed by atoms with E-state index in [2.05, 4.69) is 14.7 Å². The molecule has 1 atom stereocenters. The molecule has 2 aromatic heterocycles. The predicted octanol–water partition coefficient (Wildman–Crippen LogP) is 0.950. The Morgan fingerprint density at radius 1 is 1.38 bits per heavy atom. The number of aromatic carboxylic acids is 1. The summed E-state index contributed by atoms with van der Waals surface area (Å²) < 4.78 is 14.4. The van der Waals surface area contributed by atoms with Crippen molar-refractivity contribution >= 4 is 38.8 Å². The zero-order valence-electron chi connectivity index (χ0n) is 10.9. The maximum atomic E-state index is 12.0. The topological polar surface area (TPSA) is 115 Å². The van der Waals surface area contributed by atoms with E-state index in [1.54, 1.807) is 25.2 Å². The highest BCUT2D eigenvalue weighted by Gasteiger charge is 2.17. The van der Waals surface area contributed by atoms with Gasteiger partial charge in [0.25, 0.3) is 5.56 Å². The van der Waals surface area contributed by atoms with Gasteiger partial charge in [-0.25, -0.2) is 13.7 Å². The van der Waals surface area contributed by atoms with Crippen LogP contribution in [0.15, 0.2) is 34.1 Å². The highest BCUT2D eigenvalue weighted by Crippen LogP contribution is 2.26. The third-order valence-corrected chi connectivity index (χ3v) is 4.30. The highest BCUT2D eigenvalue weighted by atomic mass is 32.2. The summed E-state index contributed by atoms with van der Waals surface area (Å²) in [4.78, 5) is 29.1. The number of rotatable bonds is 3. The number of carboxylic acids is 1. The number of benzene rings is 1. The van der Waals surface area contributed by atoms with Crippen LogP contribution in [0.1, 0.15) is 10.4 Å². The summed E-state index contributed by atoms with van der Waals surface area (Å²) in [6.07, 6.45) is 1.28. The fraction of sp³-hybridized carbons (Fsp3) is 0.0769. The molecule has 0 amide bonds. The summed E-state index contributed by atoms with van der Waals surface area (Å²) in [5.41, 5.74) is 0.291. The number of hydrogen-bond acceptors (Lipinski definition) is 3. The maximum absolute atomic E-state index is 12.0. The lowest BCUT2D eigenvalue weighted by molar-refractivity contribution is 0.0699. The summed E-state index contributed by atoms with van der Waals surface area (Å²) >= 11 is 0. The van der Waals surface area contributed by atoms with Crippen molar-refractivity contribution in [3.05, 3.63) is 40.3 Å². The van der Waals surface area contributed by atoms with E-state index in [1.165, 1.54) is 6.20 Å². The Bertz CT molecular complexity index is 957. The third-order valence-electron chi connectivity index (χ3n) is 3.25. The van der Waals surface area contributed by atoms with Gasteiger partial charge >= 0.3 is 5.97 Å². The maximum Gasteiger partial charge on any atom is 0.337 e. The summed E-state index contributed by atoms with van der Waals surface area (Å²) in [5.74, 6) is -1.13. The molecule has 7 nitrogen and oxygen atoms in total. The molecule has 0 fully saturated rings. The van der Waals surface area contributed by atoms with Crippen LogP contribution in [0.25, 0.3) is 21.8 Å². The van der Waals surface area contributed by atoms with E-state index in [-0.39, 0.29) is 11.1 Å². The lowest BCUT2D eigenvalue weighted by atomic mass is 10.1. The zero-order valence-corrected chi connectivity index (χ0v) is 11.7. The fourth-order valence-corrected chi connectivity index (χ4v) is 2.96. The number of aromatic nitrogens is 2. The molecule has 0 bridgehead atoms. The van der Waals surface area contributed by atoms with Crippen molar-refractivity contribution in [3.63, 3.8) is 0 Å². The normalized spacial score (nSPS) is 12.8. The number of fused-ring (bicyclic) bond motifs is 3. The zero-order chi connectivity index (χ0) is 15.1. The Hall–Kier alpha value is -2.45. The molecule has 108 valence electrons. The molecule has 4 N–H and O–H groups in total. The molecular weight excluding hydrogens is 294 g/mol. The summed E-state index contributed by atoms with van der Waals surface area (Å²) in [6.45, 7) is 0. The van der Waals surface area contributed by atoms with Crippen LogP contribution < -0.4 is 10.3 Å². The number of nitrogens with one attached hydrogen (secondary N) is 3. The SMILES string of the molecule is CNS(=O)c1ccc2[nH]c(=O)c3[nH]cc(C(=O)O)c3c2c1. The van der Waals surface area contributed by atoms with Gasteiger partial charge in [-0.2, -0.15) is 0 Å². The van der Waals surface area contributed by atoms with Gasteiger partial charge in [-0.05, 0) is 25.2 Å². The molecule has 3 aromatic rings. The van der Waals surface area contributed by atoms with Crippen LogP contribution in [0.4, 0.5) is 0 Å². The molecule has 2 heterocycles. The van der Waals surface area contributed by atoms with E-state index in [1.807, 2.05) is 0 Å². The molecule has 21 heavy (non-hydrogen) atoms. The molecule has 3 rings (SSSR count). The molecule has 0 spiro atoms. The average Bonchev–Trinajstić information content (AvgIpc) is 2.92. The largest absolute Gasteiger partial charge is 0.478 e. The number of hydrogen-bond donors (Lipinski definition) is 4. The third kappa shape index (κ3) is 2.05. The first-order chi connectivity index (χ1) is 10.0. The molecule has 0 radical (unpaired) electrons. The summed E-state index contributed by atoms with van der Waals surface area (Å²) in [6, 6.07) is 4.84. The second-order valence-corrected chi connectivity index (χ2v) is 5.81. The number of carboxylic acid groups (broad SMARTS) is 1. The quantitative estimate of drug-likeness (QED) is 0.576. The predicted molar refractivity (Wildman–Crippen MR) is 78.9 cm³/mol. The fourth-order valence-electron chi connectivity index (χ4n) is 2.31. The van der Waals surface area contributed by atoms with Crippen molar-refractivity contribution in [1.82, 2.24) is 14.7 Å². The Kier molecular flexibility index (Phi) is 3.11. The van der Waals surface area contributed by atoms with E-state index < -0.39 is 22.5 Å². The van der Waals surface area contributed by atoms with Crippen molar-refractivity contribution in [3.8, 4) is 0 Å². The first-order valence-electron chi connectivity index (χ1n) is 6.02. The van der Waals surface area contributed by atoms with Gasteiger partial charge in [0.15, 0.2) is 0 Å². The Labute approximate surface area is 120 Å². The van der Waals surface area contributed by atoms with Crippen molar-refractivity contribution in [2.45, 2.75) is 4.90 Å². The average molecular weight is 305 g/mol. The van der Waals surface area contributed by atoms with Crippen molar-refractivity contribution in [1.29, 1.82) is 0 Å². The van der Waals surface area contributed by atoms with Gasteiger partial charge in [0, 0.05) is 22.5 Å². The Morgan fingerprint density at radius 3 is 2.81 bits per heavy atom. The second-order valence-electron chi connectivity index (χ2n) is 4.39. The minimum atomic E-state index is -1.40. The van der Waals surface area contributed by atoms with Gasteiger partial charge in [-0.1, -0.05) is 0 Å². The van der Waals surface area contributed by atoms with Crippen molar-refractivity contribution in [2.24, 2.45) is 0 Å². The Balaban J connectivity index is 2.48. The summed E-state index contributed by atoms with van der Waals surface area (Å²) in [7, 11) is 0.158. The molecule has 0 aliphatic carbocycles. The second kappa shape index (κ2) is 4.83. The molecule has 0 aliphatic rings. The molecule has 1 aromatic carbocycles. The van der Waals surface area contributed by atoms with E-state index in [9.17, 15) is 18.9 Å². The van der Waals surface area contributed by atoms with Crippen molar-refractivity contribution in [2.75, 3.05) is 7.05 Å². The first kappa shape index (κ1) is 13.5.